The predicted octanol–water partition coefficient (Wildman–Crippen LogP) is 4.78. The molecule has 0 saturated heterocycles. The molecule has 2 aromatic heterocycles. The molecule has 3 aliphatic rings. The SMILES string of the molecule is CC1(C[C@]2(C)C(=O)N(c3cc(Cl)c(F)c(Cl)c3)c3ncc(C(=O)NC(O)C(=O)NC4(c5ccccn5)CC4)n32)C=CC(C#N)=CC1. The quantitative estimate of drug-likeness (QED) is 0.232. The maximum absolute atomic E-state index is 14.3. The Hall–Kier alpha value is -4.57. The van der Waals surface area contributed by atoms with Crippen LogP contribution in [0.15, 0.2) is 66.5 Å². The second-order valence-corrected chi connectivity index (χ2v) is 13.0. The van der Waals surface area contributed by atoms with Crippen molar-refractivity contribution in [2.45, 2.75) is 56.8 Å². The molecule has 3 N–H and O–H groups in total. The number of aliphatic hydroxyl groups is 1. The first-order chi connectivity index (χ1) is 21.8. The minimum Gasteiger partial charge on any atom is -0.365 e. The average molecular weight is 665 g/mol. The molecule has 1 aromatic carbocycles. The Morgan fingerprint density at radius 1 is 1.20 bits per heavy atom. The third-order valence-electron chi connectivity index (χ3n) is 8.67. The van der Waals surface area contributed by atoms with Gasteiger partial charge in [0, 0.05) is 11.8 Å². The van der Waals surface area contributed by atoms with Crippen molar-refractivity contribution in [1.29, 1.82) is 5.26 Å². The summed E-state index contributed by atoms with van der Waals surface area (Å²) in [6.07, 6.45) is 8.04. The van der Waals surface area contributed by atoms with E-state index in [0.29, 0.717) is 30.5 Å². The van der Waals surface area contributed by atoms with Crippen LogP contribution in [-0.2, 0) is 20.7 Å². The second kappa shape index (κ2) is 11.3. The number of nitriles is 1. The van der Waals surface area contributed by atoms with Gasteiger partial charge in [0.15, 0.2) is 5.82 Å². The smallest absolute Gasteiger partial charge is 0.272 e. The van der Waals surface area contributed by atoms with Gasteiger partial charge in [-0.1, -0.05) is 48.3 Å². The number of hydrogen-bond acceptors (Lipinski definition) is 7. The maximum atomic E-state index is 14.3. The average Bonchev–Trinajstić information content (AvgIpc) is 3.62. The lowest BCUT2D eigenvalue weighted by Crippen LogP contribution is -2.50. The number of pyridine rings is 1. The third kappa shape index (κ3) is 5.34. The minimum absolute atomic E-state index is 0.0269. The number of carbonyl (C=O) groups is 3. The monoisotopic (exact) mass is 663 g/mol. The first kappa shape index (κ1) is 31.4. The van der Waals surface area contributed by atoms with E-state index >= 15 is 0 Å². The van der Waals surface area contributed by atoms with Crippen LogP contribution in [0.25, 0.3) is 0 Å². The number of imidazole rings is 1. The highest BCUT2D eigenvalue weighted by atomic mass is 35.5. The number of fused-ring (bicyclic) bond motifs is 1. The molecule has 2 aliphatic carbocycles. The summed E-state index contributed by atoms with van der Waals surface area (Å²) in [6.45, 7) is 3.56. The van der Waals surface area contributed by atoms with Gasteiger partial charge in [-0.3, -0.25) is 23.9 Å². The van der Waals surface area contributed by atoms with E-state index in [1.807, 2.05) is 13.0 Å². The van der Waals surface area contributed by atoms with Crippen molar-refractivity contribution in [1.82, 2.24) is 25.2 Å². The van der Waals surface area contributed by atoms with Gasteiger partial charge in [-0.25, -0.2) is 14.3 Å². The van der Waals surface area contributed by atoms with Gasteiger partial charge in [0.2, 0.25) is 12.2 Å². The number of anilines is 2. The molecular weight excluding hydrogens is 636 g/mol. The molecule has 0 radical (unpaired) electrons. The zero-order valence-electron chi connectivity index (χ0n) is 24.7. The van der Waals surface area contributed by atoms with Crippen LogP contribution in [0.4, 0.5) is 16.0 Å². The van der Waals surface area contributed by atoms with Crippen LogP contribution in [0.2, 0.25) is 10.0 Å². The highest BCUT2D eigenvalue weighted by Crippen LogP contribution is 2.49. The Kier molecular flexibility index (Phi) is 7.75. The predicted molar refractivity (Wildman–Crippen MR) is 166 cm³/mol. The van der Waals surface area contributed by atoms with Gasteiger partial charge >= 0.3 is 0 Å². The topological polar surface area (TPSA) is 153 Å². The van der Waals surface area contributed by atoms with Crippen molar-refractivity contribution in [3.05, 3.63) is 93.8 Å². The van der Waals surface area contributed by atoms with Crippen molar-refractivity contribution in [2.75, 3.05) is 4.90 Å². The fourth-order valence-corrected chi connectivity index (χ4v) is 6.66. The number of carbonyl (C=O) groups excluding carboxylic acids is 3. The fraction of sp³-hybridized carbons (Fsp3) is 0.312. The Morgan fingerprint density at radius 3 is 2.50 bits per heavy atom. The number of nitrogens with zero attached hydrogens (tertiary/aromatic N) is 5. The molecule has 3 atom stereocenters. The zero-order chi connectivity index (χ0) is 33.0. The Labute approximate surface area is 273 Å². The second-order valence-electron chi connectivity index (χ2n) is 12.2. The third-order valence-corrected chi connectivity index (χ3v) is 9.22. The summed E-state index contributed by atoms with van der Waals surface area (Å²) in [7, 11) is 0. The van der Waals surface area contributed by atoms with Crippen molar-refractivity contribution >= 4 is 52.6 Å². The van der Waals surface area contributed by atoms with Crippen molar-refractivity contribution in [3.8, 4) is 6.07 Å². The molecule has 3 aromatic rings. The van der Waals surface area contributed by atoms with E-state index in [1.165, 1.54) is 27.8 Å². The lowest BCUT2D eigenvalue weighted by atomic mass is 9.72. The van der Waals surface area contributed by atoms with Crippen LogP contribution in [0, 0.1) is 22.6 Å². The molecule has 236 valence electrons. The molecule has 0 spiro atoms. The van der Waals surface area contributed by atoms with E-state index in [2.05, 4.69) is 26.7 Å². The van der Waals surface area contributed by atoms with Crippen LogP contribution < -0.4 is 15.5 Å². The molecule has 46 heavy (non-hydrogen) atoms. The van der Waals surface area contributed by atoms with Gasteiger partial charge in [0.05, 0.1) is 39.2 Å². The number of allylic oxidation sites excluding steroid dienone is 4. The van der Waals surface area contributed by atoms with Gasteiger partial charge in [0.25, 0.3) is 17.7 Å². The summed E-state index contributed by atoms with van der Waals surface area (Å²) < 4.78 is 15.8. The summed E-state index contributed by atoms with van der Waals surface area (Å²) in [5.41, 5.74) is -1.65. The van der Waals surface area contributed by atoms with E-state index < -0.39 is 46.3 Å². The molecule has 3 heterocycles. The molecule has 6 rings (SSSR count). The normalized spacial score (nSPS) is 23.3. The number of halogens is 3. The summed E-state index contributed by atoms with van der Waals surface area (Å²) in [6, 6.07) is 9.90. The first-order valence-corrected chi connectivity index (χ1v) is 15.2. The van der Waals surface area contributed by atoms with Gasteiger partial charge in [-0.2, -0.15) is 5.26 Å². The van der Waals surface area contributed by atoms with Gasteiger partial charge < -0.3 is 15.7 Å². The minimum atomic E-state index is -1.93. The van der Waals surface area contributed by atoms with Crippen molar-refractivity contribution in [3.63, 3.8) is 0 Å². The first-order valence-electron chi connectivity index (χ1n) is 14.4. The summed E-state index contributed by atoms with van der Waals surface area (Å²) in [4.78, 5) is 50.9. The highest BCUT2D eigenvalue weighted by molar-refractivity contribution is 6.35. The number of aromatic nitrogens is 3. The van der Waals surface area contributed by atoms with Crippen LogP contribution in [0.1, 0.15) is 55.7 Å². The van der Waals surface area contributed by atoms with E-state index in [-0.39, 0.29) is 33.8 Å². The van der Waals surface area contributed by atoms with Gasteiger partial charge in [-0.05, 0) is 68.4 Å². The molecule has 1 saturated carbocycles. The zero-order valence-corrected chi connectivity index (χ0v) is 26.2. The summed E-state index contributed by atoms with van der Waals surface area (Å²) >= 11 is 12.2. The number of amides is 3. The molecule has 1 aliphatic heterocycles. The van der Waals surface area contributed by atoms with Crippen LogP contribution in [0.3, 0.4) is 0 Å². The molecule has 2 unspecified atom stereocenters. The number of hydrogen-bond donors (Lipinski definition) is 3. The fourth-order valence-electron chi connectivity index (χ4n) is 6.19. The van der Waals surface area contributed by atoms with E-state index in [4.69, 9.17) is 23.2 Å². The van der Waals surface area contributed by atoms with Gasteiger partial charge in [0.1, 0.15) is 11.2 Å². The van der Waals surface area contributed by atoms with Crippen LogP contribution in [-0.4, -0.2) is 43.6 Å². The van der Waals surface area contributed by atoms with Crippen molar-refractivity contribution in [2.24, 2.45) is 5.41 Å². The molecule has 1 fully saturated rings. The Bertz CT molecular complexity index is 1860. The maximum Gasteiger partial charge on any atom is 0.272 e. The molecule has 11 nitrogen and oxygen atoms in total. The van der Waals surface area contributed by atoms with Crippen molar-refractivity contribution < 1.29 is 23.9 Å². The standard InChI is InChI=1S/C32H28Cl2FN7O4/c1-30(8-6-18(15-36)7-9-30)17-31(2)28(46)41(19-13-20(33)24(35)21(34)14-19)29-38-16-22(42(29)31)25(43)39-26(44)27(45)40-32(10-11-32)23-5-3-4-12-37-23/h3-8,12-14,16,26,44H,9-11,17H2,1-2H3,(H,39,43)(H,40,45)/t26?,30?,31-/m1/s1. The Balaban J connectivity index is 1.33. The van der Waals surface area contributed by atoms with Crippen LogP contribution in [0.5, 0.6) is 0 Å². The highest BCUT2D eigenvalue weighted by Gasteiger charge is 2.54. The summed E-state index contributed by atoms with van der Waals surface area (Å²) in [5, 5.41) is 24.5. The van der Waals surface area contributed by atoms with Crippen LogP contribution >= 0.6 is 23.2 Å². The lowest BCUT2D eigenvalue weighted by Gasteiger charge is -2.36. The van der Waals surface area contributed by atoms with E-state index in [1.54, 1.807) is 43.5 Å². The number of benzene rings is 1. The van der Waals surface area contributed by atoms with Gasteiger partial charge in [-0.15, -0.1) is 0 Å². The lowest BCUT2D eigenvalue weighted by molar-refractivity contribution is -0.131. The molecular formula is C32H28Cl2FN7O4. The molecule has 14 heteroatoms. The molecule has 0 bridgehead atoms. The number of aliphatic hydroxyl groups excluding tert-OH is 1. The largest absolute Gasteiger partial charge is 0.365 e. The molecule has 3 amide bonds. The Morgan fingerprint density at radius 2 is 1.91 bits per heavy atom. The van der Waals surface area contributed by atoms with E-state index in [9.17, 15) is 29.1 Å². The summed E-state index contributed by atoms with van der Waals surface area (Å²) in [5.74, 6) is -3.02. The number of nitrogens with one attached hydrogen (secondary N) is 2. The van der Waals surface area contributed by atoms with E-state index in [0.717, 1.165) is 0 Å². The number of rotatable bonds is 8.